The summed E-state index contributed by atoms with van der Waals surface area (Å²) in [4.78, 5) is 4.31. The van der Waals surface area contributed by atoms with Crippen molar-refractivity contribution >= 4 is 11.1 Å². The Bertz CT molecular complexity index is 543. The van der Waals surface area contributed by atoms with Crippen LogP contribution in [0, 0.1) is 12.8 Å². The summed E-state index contributed by atoms with van der Waals surface area (Å²) in [5.41, 5.74) is 3.08. The zero-order valence-corrected chi connectivity index (χ0v) is 11.4. The SMILES string of the molecule is Cc1nc2ccc(CNCC3CCCNC3)cc2o1. The molecular weight excluding hydrogens is 238 g/mol. The lowest BCUT2D eigenvalue weighted by atomic mass is 10.00. The number of benzene rings is 1. The second-order valence-electron chi connectivity index (χ2n) is 5.38. The lowest BCUT2D eigenvalue weighted by molar-refractivity contribution is 0.360. The normalized spacial score (nSPS) is 19.9. The molecule has 1 aliphatic heterocycles. The predicted molar refractivity (Wildman–Crippen MR) is 76.0 cm³/mol. The standard InChI is InChI=1S/C15H21N3O/c1-11-18-14-5-4-12(7-15(14)19-11)8-17-10-13-3-2-6-16-9-13/h4-5,7,13,16-17H,2-3,6,8-10H2,1H3. The van der Waals surface area contributed by atoms with Gasteiger partial charge in [0.25, 0.3) is 0 Å². The summed E-state index contributed by atoms with van der Waals surface area (Å²) in [6, 6.07) is 6.24. The Morgan fingerprint density at radius 1 is 1.47 bits per heavy atom. The van der Waals surface area contributed by atoms with Gasteiger partial charge in [-0.1, -0.05) is 6.07 Å². The molecule has 0 saturated carbocycles. The highest BCUT2D eigenvalue weighted by Crippen LogP contribution is 2.17. The second kappa shape index (κ2) is 5.72. The van der Waals surface area contributed by atoms with Gasteiger partial charge in [-0.15, -0.1) is 0 Å². The summed E-state index contributed by atoms with van der Waals surface area (Å²) in [6.45, 7) is 6.19. The highest BCUT2D eigenvalue weighted by molar-refractivity contribution is 5.73. The van der Waals surface area contributed by atoms with Crippen LogP contribution in [0.1, 0.15) is 24.3 Å². The number of hydrogen-bond donors (Lipinski definition) is 2. The first kappa shape index (κ1) is 12.6. The first-order valence-electron chi connectivity index (χ1n) is 7.09. The van der Waals surface area contributed by atoms with Gasteiger partial charge in [0.2, 0.25) is 0 Å². The van der Waals surface area contributed by atoms with Crippen molar-refractivity contribution in [1.82, 2.24) is 15.6 Å². The van der Waals surface area contributed by atoms with E-state index < -0.39 is 0 Å². The summed E-state index contributed by atoms with van der Waals surface area (Å²) in [7, 11) is 0. The first-order chi connectivity index (χ1) is 9.31. The van der Waals surface area contributed by atoms with E-state index >= 15 is 0 Å². The van der Waals surface area contributed by atoms with E-state index in [0.29, 0.717) is 0 Å². The Balaban J connectivity index is 1.55. The van der Waals surface area contributed by atoms with Crippen molar-refractivity contribution in [2.75, 3.05) is 19.6 Å². The second-order valence-corrected chi connectivity index (χ2v) is 5.38. The number of aryl methyl sites for hydroxylation is 1. The van der Waals surface area contributed by atoms with Crippen LogP contribution in [0.5, 0.6) is 0 Å². The molecule has 0 radical (unpaired) electrons. The Labute approximate surface area is 113 Å². The van der Waals surface area contributed by atoms with E-state index in [1.165, 1.54) is 24.9 Å². The highest BCUT2D eigenvalue weighted by Gasteiger charge is 2.12. The molecule has 1 saturated heterocycles. The largest absolute Gasteiger partial charge is 0.441 e. The minimum absolute atomic E-state index is 0.730. The van der Waals surface area contributed by atoms with Crippen molar-refractivity contribution in [2.24, 2.45) is 5.92 Å². The molecule has 102 valence electrons. The quantitative estimate of drug-likeness (QED) is 0.884. The van der Waals surface area contributed by atoms with Gasteiger partial charge in [0, 0.05) is 13.5 Å². The van der Waals surface area contributed by atoms with E-state index in [4.69, 9.17) is 4.42 Å². The lowest BCUT2D eigenvalue weighted by Gasteiger charge is -2.22. The molecule has 1 unspecified atom stereocenters. The maximum absolute atomic E-state index is 5.56. The van der Waals surface area contributed by atoms with E-state index in [2.05, 4.69) is 27.8 Å². The van der Waals surface area contributed by atoms with Crippen LogP contribution in [0.15, 0.2) is 22.6 Å². The maximum Gasteiger partial charge on any atom is 0.192 e. The molecule has 4 nitrogen and oxygen atoms in total. The minimum Gasteiger partial charge on any atom is -0.441 e. The van der Waals surface area contributed by atoms with E-state index in [1.807, 2.05) is 13.0 Å². The van der Waals surface area contributed by atoms with Crippen molar-refractivity contribution < 1.29 is 4.42 Å². The fourth-order valence-electron chi connectivity index (χ4n) is 2.71. The Kier molecular flexibility index (Phi) is 3.80. The van der Waals surface area contributed by atoms with E-state index in [-0.39, 0.29) is 0 Å². The highest BCUT2D eigenvalue weighted by atomic mass is 16.3. The van der Waals surface area contributed by atoms with Crippen molar-refractivity contribution in [2.45, 2.75) is 26.3 Å². The number of nitrogens with one attached hydrogen (secondary N) is 2. The van der Waals surface area contributed by atoms with Crippen LogP contribution in [0.25, 0.3) is 11.1 Å². The number of fused-ring (bicyclic) bond motifs is 1. The van der Waals surface area contributed by atoms with Crippen LogP contribution in [0.3, 0.4) is 0 Å². The van der Waals surface area contributed by atoms with Gasteiger partial charge in [0.15, 0.2) is 11.5 Å². The summed E-state index contributed by atoms with van der Waals surface area (Å²) < 4.78 is 5.56. The van der Waals surface area contributed by atoms with Crippen LogP contribution < -0.4 is 10.6 Å². The minimum atomic E-state index is 0.730. The zero-order valence-electron chi connectivity index (χ0n) is 11.4. The smallest absolute Gasteiger partial charge is 0.192 e. The third-order valence-corrected chi connectivity index (χ3v) is 3.72. The zero-order chi connectivity index (χ0) is 13.1. The van der Waals surface area contributed by atoms with Crippen molar-refractivity contribution in [3.63, 3.8) is 0 Å². The Morgan fingerprint density at radius 3 is 3.26 bits per heavy atom. The molecule has 3 rings (SSSR count). The van der Waals surface area contributed by atoms with Gasteiger partial charge in [-0.05, 0) is 56.1 Å². The van der Waals surface area contributed by atoms with Crippen LogP contribution in [0.4, 0.5) is 0 Å². The van der Waals surface area contributed by atoms with Crippen molar-refractivity contribution in [3.05, 3.63) is 29.7 Å². The van der Waals surface area contributed by atoms with Crippen LogP contribution >= 0.6 is 0 Å². The summed E-state index contributed by atoms with van der Waals surface area (Å²) in [5.74, 6) is 1.50. The predicted octanol–water partition coefficient (Wildman–Crippen LogP) is 2.23. The molecule has 1 fully saturated rings. The number of oxazole rings is 1. The molecular formula is C15H21N3O. The van der Waals surface area contributed by atoms with Gasteiger partial charge >= 0.3 is 0 Å². The molecule has 0 aliphatic carbocycles. The first-order valence-corrected chi connectivity index (χ1v) is 7.09. The molecule has 2 aromatic rings. The van der Waals surface area contributed by atoms with E-state index in [1.54, 1.807) is 0 Å². The molecule has 2 heterocycles. The van der Waals surface area contributed by atoms with Crippen LogP contribution in [-0.4, -0.2) is 24.6 Å². The average Bonchev–Trinajstić information content (AvgIpc) is 2.79. The van der Waals surface area contributed by atoms with Crippen LogP contribution in [0.2, 0.25) is 0 Å². The lowest BCUT2D eigenvalue weighted by Crippen LogP contribution is -2.35. The van der Waals surface area contributed by atoms with Gasteiger partial charge in [-0.2, -0.15) is 0 Å². The van der Waals surface area contributed by atoms with Crippen molar-refractivity contribution in [1.29, 1.82) is 0 Å². The van der Waals surface area contributed by atoms with Crippen LogP contribution in [-0.2, 0) is 6.54 Å². The van der Waals surface area contributed by atoms with Gasteiger partial charge in [-0.25, -0.2) is 4.98 Å². The van der Waals surface area contributed by atoms with Gasteiger partial charge in [0.1, 0.15) is 5.52 Å². The number of rotatable bonds is 4. The molecule has 4 heteroatoms. The monoisotopic (exact) mass is 259 g/mol. The number of hydrogen-bond acceptors (Lipinski definition) is 4. The fraction of sp³-hybridized carbons (Fsp3) is 0.533. The molecule has 2 N–H and O–H groups in total. The van der Waals surface area contributed by atoms with Crippen molar-refractivity contribution in [3.8, 4) is 0 Å². The topological polar surface area (TPSA) is 50.1 Å². The third kappa shape index (κ3) is 3.14. The summed E-state index contributed by atoms with van der Waals surface area (Å²) >= 11 is 0. The number of piperidine rings is 1. The Hall–Kier alpha value is -1.39. The maximum atomic E-state index is 5.56. The summed E-state index contributed by atoms with van der Waals surface area (Å²) in [5, 5.41) is 6.99. The average molecular weight is 259 g/mol. The number of aromatic nitrogens is 1. The molecule has 1 aromatic carbocycles. The molecule has 0 bridgehead atoms. The molecule has 1 aliphatic rings. The molecule has 0 spiro atoms. The fourth-order valence-corrected chi connectivity index (χ4v) is 2.71. The molecule has 0 amide bonds. The molecule has 1 atom stereocenters. The van der Waals surface area contributed by atoms with E-state index in [9.17, 15) is 0 Å². The van der Waals surface area contributed by atoms with Gasteiger partial charge in [0.05, 0.1) is 0 Å². The van der Waals surface area contributed by atoms with Gasteiger partial charge in [-0.3, -0.25) is 0 Å². The van der Waals surface area contributed by atoms with Gasteiger partial charge < -0.3 is 15.1 Å². The van der Waals surface area contributed by atoms with E-state index in [0.717, 1.165) is 42.5 Å². The number of nitrogens with zero attached hydrogens (tertiary/aromatic N) is 1. The Morgan fingerprint density at radius 2 is 2.42 bits per heavy atom. The summed E-state index contributed by atoms with van der Waals surface area (Å²) in [6.07, 6.45) is 2.63. The third-order valence-electron chi connectivity index (χ3n) is 3.72. The molecule has 1 aromatic heterocycles. The molecule has 19 heavy (non-hydrogen) atoms.